The molecule has 0 unspecified atom stereocenters. The van der Waals surface area contributed by atoms with Gasteiger partial charge in [0.2, 0.25) is 0 Å². The summed E-state index contributed by atoms with van der Waals surface area (Å²) in [4.78, 5) is 10.9. The molecule has 0 N–H and O–H groups in total. The monoisotopic (exact) mass is 618 g/mol. The van der Waals surface area contributed by atoms with Crippen molar-refractivity contribution in [2.45, 2.75) is 25.8 Å². The van der Waals surface area contributed by atoms with E-state index in [2.05, 4.69) is 75.9 Å². The van der Waals surface area contributed by atoms with Gasteiger partial charge in [0.1, 0.15) is 6.61 Å². The van der Waals surface area contributed by atoms with Crippen molar-refractivity contribution in [1.29, 1.82) is 0 Å². The molecule has 2 aromatic carbocycles. The Morgan fingerprint density at radius 1 is 0.581 bits per heavy atom. The zero-order valence-electron chi connectivity index (χ0n) is 26.1. The molecule has 0 heterocycles. The Hall–Kier alpha value is -2.41. The highest BCUT2D eigenvalue weighted by atomic mass is 28.4. The van der Waals surface area contributed by atoms with Gasteiger partial charge in [0, 0.05) is 6.08 Å². The van der Waals surface area contributed by atoms with Crippen molar-refractivity contribution >= 4 is 24.7 Å². The highest BCUT2D eigenvalue weighted by Gasteiger charge is 2.49. The minimum Gasteiger partial charge on any atom is -0.460 e. The van der Waals surface area contributed by atoms with Crippen molar-refractivity contribution in [3.05, 3.63) is 73.3 Å². The van der Waals surface area contributed by atoms with Crippen LogP contribution in [0.15, 0.2) is 73.3 Å². The first-order valence-electron chi connectivity index (χ1n) is 14.9. The van der Waals surface area contributed by atoms with Gasteiger partial charge in [0.25, 0.3) is 8.32 Å². The van der Waals surface area contributed by atoms with E-state index in [4.69, 9.17) is 37.6 Å². The van der Waals surface area contributed by atoms with Crippen LogP contribution in [0, 0.1) is 0 Å². The molecule has 0 amide bonds. The number of carbonyl (C=O) groups is 1. The molecule has 0 aliphatic heterocycles. The van der Waals surface area contributed by atoms with Gasteiger partial charge in [0.05, 0.1) is 85.9 Å². The maximum atomic E-state index is 10.9. The largest absolute Gasteiger partial charge is 0.460 e. The molecule has 0 aliphatic rings. The van der Waals surface area contributed by atoms with Crippen LogP contribution < -0.4 is 10.4 Å². The molecule has 10 heteroatoms. The lowest BCUT2D eigenvalue weighted by Crippen LogP contribution is -2.66. The quantitative estimate of drug-likeness (QED) is 0.0719. The molecule has 240 valence electrons. The lowest BCUT2D eigenvalue weighted by molar-refractivity contribution is -0.139. The fourth-order valence-corrected chi connectivity index (χ4v) is 9.02. The van der Waals surface area contributed by atoms with Crippen LogP contribution in [0.3, 0.4) is 0 Å². The summed E-state index contributed by atoms with van der Waals surface area (Å²) in [7, 11) is -2.53. The average Bonchev–Trinajstić information content (AvgIpc) is 3.01. The van der Waals surface area contributed by atoms with Crippen LogP contribution in [-0.4, -0.2) is 107 Å². The third-order valence-electron chi connectivity index (χ3n) is 6.46. The summed E-state index contributed by atoms with van der Waals surface area (Å²) in [5, 5.41) is 2.47. The van der Waals surface area contributed by atoms with Crippen LogP contribution >= 0.6 is 0 Å². The van der Waals surface area contributed by atoms with E-state index in [0.29, 0.717) is 85.9 Å². The Bertz CT molecular complexity index is 943. The third-order valence-corrected chi connectivity index (χ3v) is 11.5. The summed E-state index contributed by atoms with van der Waals surface area (Å²) in [5.41, 5.74) is 0. The van der Waals surface area contributed by atoms with Gasteiger partial charge in [-0.15, -0.1) is 0 Å². The van der Waals surface area contributed by atoms with Gasteiger partial charge < -0.3 is 37.6 Å². The van der Waals surface area contributed by atoms with E-state index in [9.17, 15) is 4.79 Å². The van der Waals surface area contributed by atoms with E-state index >= 15 is 0 Å². The van der Waals surface area contributed by atoms with Crippen molar-refractivity contribution in [2.75, 3.05) is 92.5 Å². The Balaban J connectivity index is 1.47. The molecule has 0 saturated carbocycles. The highest BCUT2D eigenvalue weighted by Crippen LogP contribution is 2.36. The van der Waals surface area contributed by atoms with Gasteiger partial charge in [-0.1, -0.05) is 88.0 Å². The van der Waals surface area contributed by atoms with E-state index in [1.165, 1.54) is 10.4 Å². The number of hydrogen-bond donors (Lipinski definition) is 0. The molecule has 0 radical (unpaired) electrons. The molecule has 2 rings (SSSR count). The summed E-state index contributed by atoms with van der Waals surface area (Å²) in [6.07, 6.45) is 1.12. The molecule has 0 saturated heterocycles. The second-order valence-corrected chi connectivity index (χ2v) is 14.9. The number of benzene rings is 2. The highest BCUT2D eigenvalue weighted by molar-refractivity contribution is 6.99. The van der Waals surface area contributed by atoms with Crippen molar-refractivity contribution in [3.63, 3.8) is 0 Å². The Morgan fingerprint density at radius 2 is 0.907 bits per heavy atom. The fourth-order valence-electron chi connectivity index (χ4n) is 4.48. The first kappa shape index (κ1) is 36.8. The van der Waals surface area contributed by atoms with Gasteiger partial charge >= 0.3 is 5.97 Å². The number of carbonyl (C=O) groups excluding carboxylic acids is 1. The first-order valence-corrected chi connectivity index (χ1v) is 16.8. The Kier molecular flexibility index (Phi) is 18.9. The van der Waals surface area contributed by atoms with Crippen LogP contribution in [0.5, 0.6) is 0 Å². The first-order chi connectivity index (χ1) is 20.9. The minimum atomic E-state index is -2.53. The van der Waals surface area contributed by atoms with E-state index < -0.39 is 14.3 Å². The molecule has 0 atom stereocenters. The minimum absolute atomic E-state index is 0.0560. The summed E-state index contributed by atoms with van der Waals surface area (Å²) < 4.78 is 44.8. The lowest BCUT2D eigenvalue weighted by atomic mass is 10.2. The van der Waals surface area contributed by atoms with Crippen LogP contribution in [0.1, 0.15) is 20.8 Å². The van der Waals surface area contributed by atoms with E-state index in [1.54, 1.807) is 0 Å². The predicted molar refractivity (Wildman–Crippen MR) is 170 cm³/mol. The maximum Gasteiger partial charge on any atom is 0.330 e. The van der Waals surface area contributed by atoms with Crippen LogP contribution in [0.2, 0.25) is 5.04 Å². The van der Waals surface area contributed by atoms with Crippen molar-refractivity contribution in [2.24, 2.45) is 0 Å². The van der Waals surface area contributed by atoms with Crippen molar-refractivity contribution in [3.8, 4) is 0 Å². The second-order valence-electron chi connectivity index (χ2n) is 10.6. The summed E-state index contributed by atoms with van der Waals surface area (Å²) >= 11 is 0. The molecular weight excluding hydrogens is 568 g/mol. The zero-order chi connectivity index (χ0) is 31.1. The van der Waals surface area contributed by atoms with Gasteiger partial charge in [-0.25, -0.2) is 4.79 Å². The smallest absolute Gasteiger partial charge is 0.330 e. The van der Waals surface area contributed by atoms with E-state index in [-0.39, 0.29) is 11.6 Å². The van der Waals surface area contributed by atoms with Gasteiger partial charge in [0.15, 0.2) is 0 Å². The molecule has 9 nitrogen and oxygen atoms in total. The van der Waals surface area contributed by atoms with E-state index in [0.717, 1.165) is 6.08 Å². The number of rotatable bonds is 25. The summed E-state index contributed by atoms with van der Waals surface area (Å²) in [6, 6.07) is 21.2. The van der Waals surface area contributed by atoms with E-state index in [1.807, 2.05) is 12.1 Å². The molecule has 0 aromatic heterocycles. The van der Waals surface area contributed by atoms with Crippen LogP contribution in [0.25, 0.3) is 0 Å². The van der Waals surface area contributed by atoms with Gasteiger partial charge in [-0.05, 0) is 15.4 Å². The number of esters is 1. The maximum absolute atomic E-state index is 10.9. The Labute approximate surface area is 258 Å². The van der Waals surface area contributed by atoms with Crippen molar-refractivity contribution < 1.29 is 42.4 Å². The molecular formula is C33H50O9Si. The standard InChI is InChI=1S/C33H50O9Si/c1-5-32(34)41-28-26-39-24-22-37-20-18-35-16-17-36-19-21-38-23-25-40-27-29-42-43(33(2,3)4,30-12-8-6-9-13-30)31-14-10-7-11-15-31/h5-15H,1,16-29H2,2-4H3. The average molecular weight is 619 g/mol. The topological polar surface area (TPSA) is 90.9 Å². The third kappa shape index (κ3) is 14.3. The van der Waals surface area contributed by atoms with Gasteiger partial charge in [-0.2, -0.15) is 0 Å². The van der Waals surface area contributed by atoms with Crippen LogP contribution in [-0.2, 0) is 42.4 Å². The molecule has 2 aromatic rings. The lowest BCUT2D eigenvalue weighted by Gasteiger charge is -2.43. The molecule has 43 heavy (non-hydrogen) atoms. The van der Waals surface area contributed by atoms with Gasteiger partial charge in [-0.3, -0.25) is 0 Å². The van der Waals surface area contributed by atoms with Crippen LogP contribution in [0.4, 0.5) is 0 Å². The molecule has 0 aliphatic carbocycles. The zero-order valence-corrected chi connectivity index (χ0v) is 27.1. The SMILES string of the molecule is C=CC(=O)OCCOCCOCCOCCOCCOCCOCCO[Si](c1ccccc1)(c1ccccc1)C(C)(C)C. The Morgan fingerprint density at radius 3 is 1.23 bits per heavy atom. The normalized spacial score (nSPS) is 11.9. The predicted octanol–water partition coefficient (Wildman–Crippen LogP) is 3.39. The summed E-state index contributed by atoms with van der Waals surface area (Å²) in [5.74, 6) is -0.455. The second kappa shape index (κ2) is 22.1. The molecule has 0 fully saturated rings. The summed E-state index contributed by atoms with van der Waals surface area (Å²) in [6.45, 7) is 16.5. The molecule has 0 bridgehead atoms. The van der Waals surface area contributed by atoms with Crippen molar-refractivity contribution in [1.82, 2.24) is 0 Å². The molecule has 0 spiro atoms. The number of hydrogen-bond acceptors (Lipinski definition) is 9. The fraction of sp³-hybridized carbons (Fsp3) is 0.545. The number of ether oxygens (including phenoxy) is 7.